The van der Waals surface area contributed by atoms with Crippen LogP contribution in [0.4, 0.5) is 0 Å². The minimum absolute atomic E-state index is 0. The minimum atomic E-state index is 0. The maximum Gasteiger partial charge on any atom is 0.148 e. The number of phenolic OH excluding ortho intramolecular Hbond substituents is 1. The number of rotatable bonds is 5. The van der Waals surface area contributed by atoms with Gasteiger partial charge in [-0.2, -0.15) is 0 Å². The second-order valence-electron chi connectivity index (χ2n) is 11.5. The van der Waals surface area contributed by atoms with Gasteiger partial charge >= 0.3 is 0 Å². The Morgan fingerprint density at radius 2 is 1.31 bits per heavy atom. The second-order valence-corrected chi connectivity index (χ2v) is 11.5. The third-order valence-electron chi connectivity index (χ3n) is 8.65. The van der Waals surface area contributed by atoms with Crippen molar-refractivity contribution in [3.63, 3.8) is 0 Å². The van der Waals surface area contributed by atoms with Gasteiger partial charge in [0.05, 0.1) is 16.6 Å². The summed E-state index contributed by atoms with van der Waals surface area (Å²) >= 11 is 0. The summed E-state index contributed by atoms with van der Waals surface area (Å²) in [6, 6.07) is 52.0. The zero-order valence-corrected chi connectivity index (χ0v) is 27.7. The van der Waals surface area contributed by atoms with E-state index < -0.39 is 0 Å². The first-order valence-corrected chi connectivity index (χ1v) is 15.5. The van der Waals surface area contributed by atoms with Gasteiger partial charge in [0.15, 0.2) is 0 Å². The molecule has 6 aromatic carbocycles. The van der Waals surface area contributed by atoms with Crippen LogP contribution in [-0.4, -0.2) is 19.6 Å². The van der Waals surface area contributed by atoms with E-state index in [1.807, 2.05) is 85.1 Å². The number of phenols is 1. The average molecular weight is 800 g/mol. The van der Waals surface area contributed by atoms with Crippen LogP contribution in [0.25, 0.3) is 83.6 Å². The van der Waals surface area contributed by atoms with Gasteiger partial charge in [-0.1, -0.05) is 108 Å². The van der Waals surface area contributed by atoms with Crippen molar-refractivity contribution in [2.24, 2.45) is 0 Å². The molecule has 0 atom stereocenters. The van der Waals surface area contributed by atoms with Crippen LogP contribution in [-0.2, 0) is 21.1 Å². The predicted octanol–water partition coefficient (Wildman–Crippen LogP) is 10.5. The number of aromatic hydroxyl groups is 1. The van der Waals surface area contributed by atoms with E-state index >= 15 is 0 Å². The Hall–Kier alpha value is -5.77. The fourth-order valence-electron chi connectivity index (χ4n) is 6.42. The molecule has 0 unspecified atom stereocenters. The maximum atomic E-state index is 10.9. The van der Waals surface area contributed by atoms with Crippen LogP contribution in [0.3, 0.4) is 0 Å². The molecule has 0 saturated heterocycles. The molecule has 0 aliphatic heterocycles. The standard InChI is InChI=1S/C42H26N3O2.Pt/c46-38-20-9-7-17-34(38)42-44-41-32(18-11-19-37(41)45(42)31-14-5-2-6-15-31)29-22-28(27-12-3-1-4-13-27)23-30(24-29)36-25-40-35(26-43-36)33-16-8-10-21-39(33)47-40;/h1-23,25-26,46H;/q-1;. The molecule has 9 aromatic rings. The van der Waals surface area contributed by atoms with E-state index in [2.05, 4.69) is 71.3 Å². The van der Waals surface area contributed by atoms with Gasteiger partial charge < -0.3 is 9.52 Å². The van der Waals surface area contributed by atoms with Gasteiger partial charge in [0.1, 0.15) is 22.7 Å². The van der Waals surface area contributed by atoms with E-state index in [1.165, 1.54) is 0 Å². The molecule has 232 valence electrons. The SMILES string of the molecule is Oc1ccccc1-c1nc2c(-c3[c-]c(-c4cc5oc6ccccc6c5cn4)cc(-c4ccccc4)c3)cccc2n1-c1ccccc1.[Pt]. The van der Waals surface area contributed by atoms with Crippen LogP contribution < -0.4 is 0 Å². The Morgan fingerprint density at radius 1 is 0.604 bits per heavy atom. The van der Waals surface area contributed by atoms with E-state index in [-0.39, 0.29) is 26.8 Å². The van der Waals surface area contributed by atoms with Crippen LogP contribution >= 0.6 is 0 Å². The van der Waals surface area contributed by atoms with Crippen LogP contribution in [0.1, 0.15) is 0 Å². The number of fused-ring (bicyclic) bond motifs is 4. The molecule has 0 fully saturated rings. The molecule has 0 amide bonds. The van der Waals surface area contributed by atoms with E-state index in [4.69, 9.17) is 14.4 Å². The fraction of sp³-hybridized carbons (Fsp3) is 0. The molecule has 1 N–H and O–H groups in total. The smallest absolute Gasteiger partial charge is 0.148 e. The van der Waals surface area contributed by atoms with Crippen molar-refractivity contribution in [2.45, 2.75) is 0 Å². The zero-order chi connectivity index (χ0) is 31.3. The summed E-state index contributed by atoms with van der Waals surface area (Å²) in [7, 11) is 0. The monoisotopic (exact) mass is 799 g/mol. The second kappa shape index (κ2) is 12.1. The largest absolute Gasteiger partial charge is 0.507 e. The van der Waals surface area contributed by atoms with E-state index in [0.717, 1.165) is 72.2 Å². The topological polar surface area (TPSA) is 64.1 Å². The first-order valence-electron chi connectivity index (χ1n) is 15.5. The van der Waals surface area contributed by atoms with Crippen molar-refractivity contribution in [3.8, 4) is 56.3 Å². The Bertz CT molecular complexity index is 2590. The Kier molecular flexibility index (Phi) is 7.47. The molecule has 5 nitrogen and oxygen atoms in total. The molecule has 0 saturated carbocycles. The number of furan rings is 1. The van der Waals surface area contributed by atoms with Crippen molar-refractivity contribution in [1.29, 1.82) is 0 Å². The summed E-state index contributed by atoms with van der Waals surface area (Å²) < 4.78 is 8.33. The number of pyridine rings is 1. The van der Waals surface area contributed by atoms with Crippen molar-refractivity contribution >= 4 is 33.0 Å². The Balaban J connectivity index is 0.00000336. The Labute approximate surface area is 291 Å². The first kappa shape index (κ1) is 29.6. The number of hydrogen-bond donors (Lipinski definition) is 1. The average Bonchev–Trinajstić information content (AvgIpc) is 3.71. The zero-order valence-electron chi connectivity index (χ0n) is 25.4. The summed E-state index contributed by atoms with van der Waals surface area (Å²) in [5.74, 6) is 0.835. The molecular formula is C42H26N3O2Pt-. The van der Waals surface area contributed by atoms with E-state index in [0.29, 0.717) is 11.4 Å². The number of aromatic nitrogens is 3. The number of para-hydroxylation sites is 4. The first-order chi connectivity index (χ1) is 23.2. The number of imidazole rings is 1. The summed E-state index contributed by atoms with van der Waals surface area (Å²) in [5, 5.41) is 12.9. The number of hydrogen-bond acceptors (Lipinski definition) is 4. The molecule has 0 aliphatic carbocycles. The minimum Gasteiger partial charge on any atom is -0.507 e. The van der Waals surface area contributed by atoms with Crippen LogP contribution in [0.5, 0.6) is 5.75 Å². The summed E-state index contributed by atoms with van der Waals surface area (Å²) in [6.07, 6.45) is 1.89. The quantitative estimate of drug-likeness (QED) is 0.176. The molecule has 0 aliphatic rings. The predicted molar refractivity (Wildman–Crippen MR) is 188 cm³/mol. The van der Waals surface area contributed by atoms with Crippen molar-refractivity contribution < 1.29 is 30.6 Å². The van der Waals surface area contributed by atoms with Gasteiger partial charge in [0.25, 0.3) is 0 Å². The molecule has 3 heterocycles. The van der Waals surface area contributed by atoms with Crippen LogP contribution in [0.15, 0.2) is 156 Å². The summed E-state index contributed by atoms with van der Waals surface area (Å²) in [4.78, 5) is 10.1. The third kappa shape index (κ3) is 5.00. The molecule has 9 rings (SSSR count). The van der Waals surface area contributed by atoms with Crippen LogP contribution in [0.2, 0.25) is 0 Å². The van der Waals surface area contributed by atoms with E-state index in [1.54, 1.807) is 6.07 Å². The maximum absolute atomic E-state index is 10.9. The number of nitrogens with zero attached hydrogens (tertiary/aromatic N) is 3. The molecule has 48 heavy (non-hydrogen) atoms. The van der Waals surface area contributed by atoms with Crippen molar-refractivity contribution in [2.75, 3.05) is 0 Å². The molecular weight excluding hydrogens is 774 g/mol. The fourth-order valence-corrected chi connectivity index (χ4v) is 6.42. The van der Waals surface area contributed by atoms with Gasteiger partial charge in [-0.05, 0) is 48.0 Å². The van der Waals surface area contributed by atoms with Gasteiger partial charge in [-0.3, -0.25) is 9.55 Å². The van der Waals surface area contributed by atoms with Crippen molar-refractivity contribution in [1.82, 2.24) is 14.5 Å². The van der Waals surface area contributed by atoms with Crippen LogP contribution in [0, 0.1) is 6.07 Å². The molecule has 0 spiro atoms. The van der Waals surface area contributed by atoms with Gasteiger partial charge in [0.2, 0.25) is 0 Å². The van der Waals surface area contributed by atoms with Crippen molar-refractivity contribution in [3.05, 3.63) is 158 Å². The molecule has 0 radical (unpaired) electrons. The molecule has 3 aromatic heterocycles. The Morgan fingerprint density at radius 3 is 2.15 bits per heavy atom. The summed E-state index contributed by atoms with van der Waals surface area (Å²) in [5.41, 5.74) is 10.5. The number of benzene rings is 6. The third-order valence-corrected chi connectivity index (χ3v) is 8.65. The van der Waals surface area contributed by atoms with Gasteiger partial charge in [-0.15, -0.1) is 23.8 Å². The van der Waals surface area contributed by atoms with Gasteiger partial charge in [0, 0.05) is 49.4 Å². The normalized spacial score (nSPS) is 11.2. The molecule has 6 heteroatoms. The molecule has 0 bridgehead atoms. The van der Waals surface area contributed by atoms with E-state index in [9.17, 15) is 5.11 Å². The summed E-state index contributed by atoms with van der Waals surface area (Å²) in [6.45, 7) is 0. The van der Waals surface area contributed by atoms with Gasteiger partial charge in [-0.25, -0.2) is 4.98 Å².